The molecule has 2 aromatic carbocycles. The van der Waals surface area contributed by atoms with Gasteiger partial charge in [0.15, 0.2) is 0 Å². The normalized spacial score (nSPS) is 16.2. The van der Waals surface area contributed by atoms with Gasteiger partial charge in [0.25, 0.3) is 5.91 Å². The molecule has 1 unspecified atom stereocenters. The number of benzene rings is 2. The Morgan fingerprint density at radius 2 is 1.67 bits per heavy atom. The van der Waals surface area contributed by atoms with Crippen LogP contribution in [0.4, 0.5) is 0 Å². The summed E-state index contributed by atoms with van der Waals surface area (Å²) in [6.45, 7) is 3.11. The quantitative estimate of drug-likeness (QED) is 0.788. The highest BCUT2D eigenvalue weighted by molar-refractivity contribution is 7.89. The average molecular weight is 407 g/mol. The van der Waals surface area contributed by atoms with Crippen LogP contribution in [-0.2, 0) is 10.0 Å². The number of amides is 1. The van der Waals surface area contributed by atoms with Crippen molar-refractivity contribution in [2.45, 2.75) is 37.1 Å². The maximum absolute atomic E-state index is 12.6. The van der Waals surface area contributed by atoms with Crippen LogP contribution in [0, 0.1) is 0 Å². The van der Waals surface area contributed by atoms with Crippen molar-refractivity contribution in [2.24, 2.45) is 0 Å². The molecule has 5 nitrogen and oxygen atoms in total. The number of carbonyl (C=O) groups excluding carboxylic acids is 1. The third kappa shape index (κ3) is 4.51. The number of rotatable bonds is 6. The highest BCUT2D eigenvalue weighted by atomic mass is 35.5. The highest BCUT2D eigenvalue weighted by Crippen LogP contribution is 2.22. The monoisotopic (exact) mass is 406 g/mol. The summed E-state index contributed by atoms with van der Waals surface area (Å²) >= 11 is 5.92. The minimum atomic E-state index is -3.47. The smallest absolute Gasteiger partial charge is 0.251 e. The molecule has 144 valence electrons. The summed E-state index contributed by atoms with van der Waals surface area (Å²) in [6.07, 6.45) is 2.51. The molecule has 1 fully saturated rings. The van der Waals surface area contributed by atoms with Crippen LogP contribution in [0.3, 0.4) is 0 Å². The lowest BCUT2D eigenvalue weighted by atomic mass is 10.0. The number of hydrogen-bond acceptors (Lipinski definition) is 3. The second-order valence-electron chi connectivity index (χ2n) is 6.62. The molecule has 1 heterocycles. The van der Waals surface area contributed by atoms with Crippen LogP contribution in [0.2, 0.25) is 5.02 Å². The number of nitrogens with one attached hydrogen (secondary N) is 1. The molecule has 0 radical (unpaired) electrons. The van der Waals surface area contributed by atoms with Gasteiger partial charge in [-0.25, -0.2) is 8.42 Å². The molecule has 1 atom stereocenters. The van der Waals surface area contributed by atoms with E-state index in [2.05, 4.69) is 5.32 Å². The van der Waals surface area contributed by atoms with Gasteiger partial charge in [-0.1, -0.05) is 30.7 Å². The van der Waals surface area contributed by atoms with E-state index in [0.29, 0.717) is 23.7 Å². The molecule has 1 aliphatic rings. The Labute approximate surface area is 165 Å². The molecule has 3 rings (SSSR count). The maximum Gasteiger partial charge on any atom is 0.251 e. The van der Waals surface area contributed by atoms with Crippen LogP contribution in [0.5, 0.6) is 0 Å². The van der Waals surface area contributed by atoms with E-state index >= 15 is 0 Å². The van der Waals surface area contributed by atoms with E-state index in [0.717, 1.165) is 24.8 Å². The van der Waals surface area contributed by atoms with Crippen LogP contribution in [0.15, 0.2) is 53.4 Å². The molecule has 0 spiro atoms. The van der Waals surface area contributed by atoms with Gasteiger partial charge in [0.1, 0.15) is 0 Å². The maximum atomic E-state index is 12.6. The minimum Gasteiger partial charge on any atom is -0.345 e. The zero-order chi connectivity index (χ0) is 19.4. The highest BCUT2D eigenvalue weighted by Gasteiger charge is 2.27. The first kappa shape index (κ1) is 19.9. The van der Waals surface area contributed by atoms with Gasteiger partial charge in [-0.15, -0.1) is 0 Å². The van der Waals surface area contributed by atoms with E-state index in [1.807, 2.05) is 19.1 Å². The van der Waals surface area contributed by atoms with Crippen molar-refractivity contribution in [1.82, 2.24) is 9.62 Å². The molecule has 1 aliphatic heterocycles. The van der Waals surface area contributed by atoms with E-state index in [4.69, 9.17) is 11.6 Å². The number of hydrogen-bond donors (Lipinski definition) is 1. The summed E-state index contributed by atoms with van der Waals surface area (Å²) in [5.41, 5.74) is 1.41. The third-order valence-corrected chi connectivity index (χ3v) is 6.97. The minimum absolute atomic E-state index is 0.136. The Morgan fingerprint density at radius 3 is 2.22 bits per heavy atom. The summed E-state index contributed by atoms with van der Waals surface area (Å²) in [7, 11) is -3.47. The summed E-state index contributed by atoms with van der Waals surface area (Å²) < 4.78 is 26.6. The van der Waals surface area contributed by atoms with Crippen molar-refractivity contribution < 1.29 is 13.2 Å². The van der Waals surface area contributed by atoms with Crippen LogP contribution < -0.4 is 5.32 Å². The van der Waals surface area contributed by atoms with Crippen molar-refractivity contribution in [3.63, 3.8) is 0 Å². The zero-order valence-corrected chi connectivity index (χ0v) is 16.8. The first-order valence-corrected chi connectivity index (χ1v) is 10.9. The fourth-order valence-electron chi connectivity index (χ4n) is 3.21. The molecule has 0 saturated carbocycles. The third-order valence-electron chi connectivity index (χ3n) is 4.81. The fourth-order valence-corrected chi connectivity index (χ4v) is 4.86. The summed E-state index contributed by atoms with van der Waals surface area (Å²) in [6, 6.07) is 13.4. The van der Waals surface area contributed by atoms with Crippen molar-refractivity contribution in [1.29, 1.82) is 0 Å². The Morgan fingerprint density at radius 1 is 1.07 bits per heavy atom. The molecule has 2 aromatic rings. The van der Waals surface area contributed by atoms with Crippen LogP contribution >= 0.6 is 11.6 Å². The van der Waals surface area contributed by atoms with E-state index in [-0.39, 0.29) is 16.8 Å². The molecule has 0 bridgehead atoms. The molecular formula is C20H23ClN2O3S. The van der Waals surface area contributed by atoms with Gasteiger partial charge in [-0.2, -0.15) is 4.31 Å². The second-order valence-corrected chi connectivity index (χ2v) is 9.00. The second kappa shape index (κ2) is 8.42. The van der Waals surface area contributed by atoms with Gasteiger partial charge in [-0.05, 0) is 61.2 Å². The predicted molar refractivity (Wildman–Crippen MR) is 106 cm³/mol. The summed E-state index contributed by atoms with van der Waals surface area (Å²) in [4.78, 5) is 12.8. The van der Waals surface area contributed by atoms with Gasteiger partial charge < -0.3 is 5.32 Å². The van der Waals surface area contributed by atoms with E-state index < -0.39 is 10.0 Å². The number of halogens is 1. The molecule has 0 aliphatic carbocycles. The molecule has 1 N–H and O–H groups in total. The van der Waals surface area contributed by atoms with E-state index in [1.165, 1.54) is 16.4 Å². The molecule has 1 saturated heterocycles. The van der Waals surface area contributed by atoms with E-state index in [1.54, 1.807) is 24.3 Å². The lowest BCUT2D eigenvalue weighted by Crippen LogP contribution is -2.29. The van der Waals surface area contributed by atoms with Gasteiger partial charge in [0.2, 0.25) is 10.0 Å². The van der Waals surface area contributed by atoms with Crippen molar-refractivity contribution in [3.8, 4) is 0 Å². The fraction of sp³-hybridized carbons (Fsp3) is 0.350. The summed E-state index contributed by atoms with van der Waals surface area (Å²) in [5, 5.41) is 3.64. The SMILES string of the molecule is CCC(NC(=O)c1ccc(S(=O)(=O)N2CCCC2)cc1)c1ccc(Cl)cc1. The first-order chi connectivity index (χ1) is 12.9. The topological polar surface area (TPSA) is 66.5 Å². The lowest BCUT2D eigenvalue weighted by molar-refractivity contribution is 0.0935. The average Bonchev–Trinajstić information content (AvgIpc) is 3.22. The lowest BCUT2D eigenvalue weighted by Gasteiger charge is -2.18. The van der Waals surface area contributed by atoms with Gasteiger partial charge in [-0.3, -0.25) is 4.79 Å². The predicted octanol–water partition coefficient (Wildman–Crippen LogP) is 4.01. The van der Waals surface area contributed by atoms with Crippen LogP contribution in [0.1, 0.15) is 48.1 Å². The van der Waals surface area contributed by atoms with Gasteiger partial charge in [0, 0.05) is 23.7 Å². The Bertz CT molecular complexity index is 890. The van der Waals surface area contributed by atoms with Crippen LogP contribution in [-0.4, -0.2) is 31.7 Å². The van der Waals surface area contributed by atoms with Crippen LogP contribution in [0.25, 0.3) is 0 Å². The Kier molecular flexibility index (Phi) is 6.19. The molecule has 7 heteroatoms. The number of carbonyl (C=O) groups is 1. The van der Waals surface area contributed by atoms with Gasteiger partial charge in [0.05, 0.1) is 10.9 Å². The van der Waals surface area contributed by atoms with Gasteiger partial charge >= 0.3 is 0 Å². The number of sulfonamides is 1. The van der Waals surface area contributed by atoms with Crippen molar-refractivity contribution in [3.05, 3.63) is 64.7 Å². The van der Waals surface area contributed by atoms with Crippen molar-refractivity contribution >= 4 is 27.5 Å². The summed E-state index contributed by atoms with van der Waals surface area (Å²) in [5.74, 6) is -0.234. The van der Waals surface area contributed by atoms with E-state index in [9.17, 15) is 13.2 Å². The number of nitrogens with zero attached hydrogens (tertiary/aromatic N) is 1. The molecule has 27 heavy (non-hydrogen) atoms. The molecule has 0 aromatic heterocycles. The largest absolute Gasteiger partial charge is 0.345 e. The van der Waals surface area contributed by atoms with Crippen molar-refractivity contribution in [2.75, 3.05) is 13.1 Å². The first-order valence-electron chi connectivity index (χ1n) is 9.08. The standard InChI is InChI=1S/C20H23ClN2O3S/c1-2-19(15-5-9-17(21)10-6-15)22-20(24)16-7-11-18(12-8-16)27(25,26)23-13-3-4-14-23/h5-12,19H,2-4,13-14H2,1H3,(H,22,24). The molecule has 1 amide bonds. The Hall–Kier alpha value is -1.89. The Balaban J connectivity index is 1.72. The molecular weight excluding hydrogens is 384 g/mol. The zero-order valence-electron chi connectivity index (χ0n) is 15.2.